The van der Waals surface area contributed by atoms with Crippen LogP contribution in [0, 0.1) is 17.0 Å². The van der Waals surface area contributed by atoms with Gasteiger partial charge < -0.3 is 4.57 Å². The van der Waals surface area contributed by atoms with Crippen LogP contribution in [-0.4, -0.2) is 15.3 Å². The van der Waals surface area contributed by atoms with E-state index < -0.39 is 4.92 Å². The first-order chi connectivity index (χ1) is 7.41. The average molecular weight is 224 g/mol. The normalized spacial score (nSPS) is 10.1. The summed E-state index contributed by atoms with van der Waals surface area (Å²) in [4.78, 5) is 32.3. The van der Waals surface area contributed by atoms with Gasteiger partial charge in [0.05, 0.1) is 11.1 Å². The maximum atomic E-state index is 11.5. The van der Waals surface area contributed by atoms with Crippen molar-refractivity contribution in [3.63, 3.8) is 0 Å². The summed E-state index contributed by atoms with van der Waals surface area (Å²) in [6.07, 6.45) is 1.38. The number of rotatable bonds is 4. The number of nitrogens with zero attached hydrogens (tertiary/aromatic N) is 2. The molecular formula is C10H12N2O4. The maximum absolute atomic E-state index is 11.5. The van der Waals surface area contributed by atoms with E-state index in [1.807, 2.05) is 0 Å². The first kappa shape index (κ1) is 12.1. The SMILES string of the molecule is CC(=O)CCn1cc([N+](=O)[O-])c(C)cc1=O. The van der Waals surface area contributed by atoms with Crippen molar-refractivity contribution in [1.82, 2.24) is 4.57 Å². The molecule has 0 saturated heterocycles. The lowest BCUT2D eigenvalue weighted by Crippen LogP contribution is -2.21. The first-order valence-electron chi connectivity index (χ1n) is 4.76. The number of nitro groups is 1. The molecule has 0 aromatic carbocycles. The monoisotopic (exact) mass is 224 g/mol. The fraction of sp³-hybridized carbons (Fsp3) is 0.400. The molecule has 6 heteroatoms. The molecule has 86 valence electrons. The van der Waals surface area contributed by atoms with Gasteiger partial charge in [0.1, 0.15) is 5.78 Å². The molecule has 0 radical (unpaired) electrons. The summed E-state index contributed by atoms with van der Waals surface area (Å²) in [6.45, 7) is 3.10. The van der Waals surface area contributed by atoms with Gasteiger partial charge in [0.2, 0.25) is 0 Å². The van der Waals surface area contributed by atoms with Crippen LogP contribution in [0.25, 0.3) is 0 Å². The number of hydrogen-bond acceptors (Lipinski definition) is 4. The predicted molar refractivity (Wildman–Crippen MR) is 57.4 cm³/mol. The number of ketones is 1. The van der Waals surface area contributed by atoms with E-state index in [9.17, 15) is 19.7 Å². The van der Waals surface area contributed by atoms with Crippen molar-refractivity contribution in [2.45, 2.75) is 26.8 Å². The number of carbonyl (C=O) groups is 1. The molecule has 6 nitrogen and oxygen atoms in total. The summed E-state index contributed by atoms with van der Waals surface area (Å²) >= 11 is 0. The second kappa shape index (κ2) is 4.69. The molecule has 0 atom stereocenters. The van der Waals surface area contributed by atoms with Crippen LogP contribution in [0.3, 0.4) is 0 Å². The Bertz CT molecular complexity index is 490. The Balaban J connectivity index is 3.10. The van der Waals surface area contributed by atoms with Crippen LogP contribution in [0.4, 0.5) is 5.69 Å². The molecule has 0 bridgehead atoms. The summed E-state index contributed by atoms with van der Waals surface area (Å²) < 4.78 is 1.19. The van der Waals surface area contributed by atoms with Crippen LogP contribution in [0.1, 0.15) is 18.9 Å². The van der Waals surface area contributed by atoms with Gasteiger partial charge in [0, 0.05) is 24.6 Å². The Labute approximate surface area is 91.7 Å². The van der Waals surface area contributed by atoms with E-state index in [1.165, 1.54) is 30.7 Å². The highest BCUT2D eigenvalue weighted by Crippen LogP contribution is 2.13. The molecule has 1 aromatic rings. The standard InChI is InChI=1S/C10H12N2O4/c1-7-5-10(14)11(4-3-8(2)13)6-9(7)12(15)16/h5-6H,3-4H2,1-2H3. The lowest BCUT2D eigenvalue weighted by atomic mass is 10.2. The minimum absolute atomic E-state index is 0.0601. The van der Waals surface area contributed by atoms with Crippen molar-refractivity contribution in [3.8, 4) is 0 Å². The zero-order valence-electron chi connectivity index (χ0n) is 9.10. The molecule has 1 aromatic heterocycles. The smallest absolute Gasteiger partial charge is 0.288 e. The molecule has 0 unspecified atom stereocenters. The minimum atomic E-state index is -0.543. The van der Waals surface area contributed by atoms with Crippen molar-refractivity contribution >= 4 is 11.5 Å². The molecule has 0 aliphatic heterocycles. The average Bonchev–Trinajstić information content (AvgIpc) is 2.15. The van der Waals surface area contributed by atoms with E-state index in [-0.39, 0.29) is 30.0 Å². The highest BCUT2D eigenvalue weighted by molar-refractivity contribution is 5.75. The second-order valence-corrected chi connectivity index (χ2v) is 3.58. The summed E-state index contributed by atoms with van der Waals surface area (Å²) in [5, 5.41) is 10.6. The number of pyridine rings is 1. The molecule has 0 N–H and O–H groups in total. The van der Waals surface area contributed by atoms with E-state index >= 15 is 0 Å². The van der Waals surface area contributed by atoms with Gasteiger partial charge >= 0.3 is 0 Å². The molecule has 1 rings (SSSR count). The van der Waals surface area contributed by atoms with Crippen molar-refractivity contribution in [2.75, 3.05) is 0 Å². The summed E-state index contributed by atoms with van der Waals surface area (Å²) in [6, 6.07) is 1.21. The van der Waals surface area contributed by atoms with Crippen molar-refractivity contribution in [1.29, 1.82) is 0 Å². The number of hydrogen-bond donors (Lipinski definition) is 0. The first-order valence-corrected chi connectivity index (χ1v) is 4.76. The van der Waals surface area contributed by atoms with Gasteiger partial charge in [0.25, 0.3) is 11.2 Å². The van der Waals surface area contributed by atoms with Gasteiger partial charge in [-0.15, -0.1) is 0 Å². The number of aryl methyl sites for hydroxylation is 2. The Morgan fingerprint density at radius 1 is 1.56 bits per heavy atom. The van der Waals surface area contributed by atoms with Crippen LogP contribution in [-0.2, 0) is 11.3 Å². The molecule has 0 amide bonds. The summed E-state index contributed by atoms with van der Waals surface area (Å²) in [5.74, 6) is -0.0601. The second-order valence-electron chi connectivity index (χ2n) is 3.58. The third kappa shape index (κ3) is 2.75. The molecular weight excluding hydrogens is 212 g/mol. The van der Waals surface area contributed by atoms with Crippen LogP contribution >= 0.6 is 0 Å². The predicted octanol–water partition coefficient (Wildman–Crippen LogP) is 1.04. The number of carbonyl (C=O) groups excluding carboxylic acids is 1. The third-order valence-electron chi connectivity index (χ3n) is 2.21. The van der Waals surface area contributed by atoms with E-state index in [1.54, 1.807) is 0 Å². The molecule has 1 heterocycles. The summed E-state index contributed by atoms with van der Waals surface area (Å²) in [7, 11) is 0. The molecule has 16 heavy (non-hydrogen) atoms. The van der Waals surface area contributed by atoms with Gasteiger partial charge in [-0.1, -0.05) is 0 Å². The van der Waals surface area contributed by atoms with Crippen LogP contribution in [0.5, 0.6) is 0 Å². The topological polar surface area (TPSA) is 82.2 Å². The third-order valence-corrected chi connectivity index (χ3v) is 2.21. The van der Waals surface area contributed by atoms with Crippen molar-refractivity contribution in [3.05, 3.63) is 38.3 Å². The van der Waals surface area contributed by atoms with Crippen LogP contribution in [0.15, 0.2) is 17.1 Å². The van der Waals surface area contributed by atoms with Crippen molar-refractivity contribution in [2.24, 2.45) is 0 Å². The van der Waals surface area contributed by atoms with Crippen LogP contribution < -0.4 is 5.56 Å². The molecule has 0 fully saturated rings. The maximum Gasteiger partial charge on any atom is 0.288 e. The Morgan fingerprint density at radius 2 is 2.19 bits per heavy atom. The van der Waals surface area contributed by atoms with E-state index in [0.717, 1.165) is 0 Å². The molecule has 0 saturated carbocycles. The van der Waals surface area contributed by atoms with Gasteiger partial charge in [0.15, 0.2) is 0 Å². The Morgan fingerprint density at radius 3 is 2.69 bits per heavy atom. The van der Waals surface area contributed by atoms with E-state index in [4.69, 9.17) is 0 Å². The van der Waals surface area contributed by atoms with E-state index in [0.29, 0.717) is 5.56 Å². The highest BCUT2D eigenvalue weighted by Gasteiger charge is 2.13. The largest absolute Gasteiger partial charge is 0.308 e. The molecule has 0 aliphatic carbocycles. The van der Waals surface area contributed by atoms with Gasteiger partial charge in [-0.05, 0) is 13.8 Å². The molecule has 0 aliphatic rings. The fourth-order valence-corrected chi connectivity index (χ4v) is 1.30. The number of Topliss-reactive ketones (excluding diaryl/α,β-unsaturated/α-hetero) is 1. The Hall–Kier alpha value is -1.98. The van der Waals surface area contributed by atoms with Gasteiger partial charge in [-0.25, -0.2) is 0 Å². The zero-order valence-corrected chi connectivity index (χ0v) is 9.10. The lowest BCUT2D eigenvalue weighted by Gasteiger charge is -2.04. The van der Waals surface area contributed by atoms with Crippen molar-refractivity contribution < 1.29 is 9.72 Å². The Kier molecular flexibility index (Phi) is 3.55. The summed E-state index contributed by atoms with van der Waals surface area (Å²) in [5.41, 5.74) is -0.110. The van der Waals surface area contributed by atoms with Crippen LogP contribution in [0.2, 0.25) is 0 Å². The zero-order chi connectivity index (χ0) is 12.3. The molecule has 0 spiro atoms. The van der Waals surface area contributed by atoms with Gasteiger partial charge in [-0.2, -0.15) is 0 Å². The fourth-order valence-electron chi connectivity index (χ4n) is 1.30. The number of aromatic nitrogens is 1. The highest BCUT2D eigenvalue weighted by atomic mass is 16.6. The minimum Gasteiger partial charge on any atom is -0.308 e. The lowest BCUT2D eigenvalue weighted by molar-refractivity contribution is -0.385. The van der Waals surface area contributed by atoms with Gasteiger partial charge in [-0.3, -0.25) is 19.7 Å². The quantitative estimate of drug-likeness (QED) is 0.565. The van der Waals surface area contributed by atoms with E-state index in [2.05, 4.69) is 0 Å².